The Morgan fingerprint density at radius 3 is 2.81 bits per heavy atom. The molecule has 26 heavy (non-hydrogen) atoms. The Kier molecular flexibility index (Phi) is 5.49. The highest BCUT2D eigenvalue weighted by Gasteiger charge is 2.39. The van der Waals surface area contributed by atoms with E-state index >= 15 is 0 Å². The molecule has 1 N–H and O–H groups in total. The van der Waals surface area contributed by atoms with Crippen molar-refractivity contribution in [3.8, 4) is 0 Å². The monoisotopic (exact) mass is 356 g/mol. The molecule has 0 saturated heterocycles. The molecule has 1 atom stereocenters. The van der Waals surface area contributed by atoms with Gasteiger partial charge in [-0.3, -0.25) is 0 Å². The number of fused-ring (bicyclic) bond motifs is 1. The first kappa shape index (κ1) is 17.8. The summed E-state index contributed by atoms with van der Waals surface area (Å²) in [6.07, 6.45) is 9.60. The standard InChI is InChI=1S/C22H32N2O2/c1-2-26-19-14-16(15-19)12-13-23-22(25)24(18-10-11-18)21-9-5-7-17-6-3-4-8-20(17)21/h3-4,6,8,16,18-19,21H,2,5,7,9-15H2,1H3,(H,23,25). The van der Waals surface area contributed by atoms with E-state index in [9.17, 15) is 4.79 Å². The molecule has 4 rings (SSSR count). The van der Waals surface area contributed by atoms with Crippen molar-refractivity contribution >= 4 is 6.03 Å². The Morgan fingerprint density at radius 2 is 2.04 bits per heavy atom. The molecule has 3 aliphatic rings. The van der Waals surface area contributed by atoms with Gasteiger partial charge in [-0.25, -0.2) is 4.79 Å². The van der Waals surface area contributed by atoms with Crippen LogP contribution in [0.15, 0.2) is 24.3 Å². The van der Waals surface area contributed by atoms with Crippen molar-refractivity contribution in [2.24, 2.45) is 5.92 Å². The molecule has 1 aromatic carbocycles. The highest BCUT2D eigenvalue weighted by atomic mass is 16.5. The summed E-state index contributed by atoms with van der Waals surface area (Å²) in [6, 6.07) is 9.55. The summed E-state index contributed by atoms with van der Waals surface area (Å²) < 4.78 is 5.63. The molecular formula is C22H32N2O2. The van der Waals surface area contributed by atoms with Gasteiger partial charge in [-0.15, -0.1) is 0 Å². The summed E-state index contributed by atoms with van der Waals surface area (Å²) in [5, 5.41) is 3.22. The van der Waals surface area contributed by atoms with Gasteiger partial charge in [0.1, 0.15) is 0 Å². The average Bonchev–Trinajstić information content (AvgIpc) is 3.45. The second-order valence-corrected chi connectivity index (χ2v) is 8.18. The van der Waals surface area contributed by atoms with E-state index in [0.717, 1.165) is 64.0 Å². The molecule has 3 aliphatic carbocycles. The summed E-state index contributed by atoms with van der Waals surface area (Å²) in [7, 11) is 0. The maximum Gasteiger partial charge on any atom is 0.318 e. The predicted molar refractivity (Wildman–Crippen MR) is 103 cm³/mol. The molecule has 4 heteroatoms. The number of hydrogen-bond donors (Lipinski definition) is 1. The first-order valence-electron chi connectivity index (χ1n) is 10.5. The molecule has 0 radical (unpaired) electrons. The summed E-state index contributed by atoms with van der Waals surface area (Å²) in [5.41, 5.74) is 2.80. The number of amides is 2. The lowest BCUT2D eigenvalue weighted by molar-refractivity contribution is -0.0261. The van der Waals surface area contributed by atoms with Crippen LogP contribution in [-0.2, 0) is 11.2 Å². The van der Waals surface area contributed by atoms with Crippen LogP contribution in [0.25, 0.3) is 0 Å². The first-order chi connectivity index (χ1) is 12.8. The molecule has 2 saturated carbocycles. The summed E-state index contributed by atoms with van der Waals surface area (Å²) in [6.45, 7) is 3.66. The van der Waals surface area contributed by atoms with Crippen molar-refractivity contribution < 1.29 is 9.53 Å². The van der Waals surface area contributed by atoms with Gasteiger partial charge < -0.3 is 15.0 Å². The fourth-order valence-electron chi connectivity index (χ4n) is 4.69. The van der Waals surface area contributed by atoms with Gasteiger partial charge >= 0.3 is 6.03 Å². The number of rotatable bonds is 7. The minimum absolute atomic E-state index is 0.148. The van der Waals surface area contributed by atoms with Gasteiger partial charge in [-0.1, -0.05) is 24.3 Å². The van der Waals surface area contributed by atoms with Gasteiger partial charge in [0.2, 0.25) is 0 Å². The highest BCUT2D eigenvalue weighted by molar-refractivity contribution is 5.75. The van der Waals surface area contributed by atoms with Crippen LogP contribution in [0.2, 0.25) is 0 Å². The molecule has 142 valence electrons. The number of hydrogen-bond acceptors (Lipinski definition) is 2. The Balaban J connectivity index is 1.32. The minimum Gasteiger partial charge on any atom is -0.378 e. The summed E-state index contributed by atoms with van der Waals surface area (Å²) in [5.74, 6) is 0.719. The number of nitrogens with one attached hydrogen (secondary N) is 1. The van der Waals surface area contributed by atoms with Crippen LogP contribution in [0.3, 0.4) is 0 Å². The van der Waals surface area contributed by atoms with Crippen molar-refractivity contribution in [3.05, 3.63) is 35.4 Å². The van der Waals surface area contributed by atoms with Gasteiger partial charge in [0.05, 0.1) is 12.1 Å². The van der Waals surface area contributed by atoms with Crippen molar-refractivity contribution in [1.82, 2.24) is 10.2 Å². The molecule has 0 aliphatic heterocycles. The van der Waals surface area contributed by atoms with Crippen LogP contribution in [0.1, 0.15) is 69.0 Å². The van der Waals surface area contributed by atoms with Crippen molar-refractivity contribution in [3.63, 3.8) is 0 Å². The third kappa shape index (κ3) is 3.90. The van der Waals surface area contributed by atoms with Crippen molar-refractivity contribution in [2.75, 3.05) is 13.2 Å². The number of ether oxygens (including phenoxy) is 1. The lowest BCUT2D eigenvalue weighted by Crippen LogP contribution is -2.45. The Labute approximate surface area is 157 Å². The number of carbonyl (C=O) groups is 1. The van der Waals surface area contributed by atoms with Gasteiger partial charge in [0.25, 0.3) is 0 Å². The molecule has 1 aromatic rings. The molecule has 0 aromatic heterocycles. The van der Waals surface area contributed by atoms with E-state index in [1.807, 2.05) is 0 Å². The van der Waals surface area contributed by atoms with E-state index in [-0.39, 0.29) is 12.1 Å². The third-order valence-electron chi connectivity index (χ3n) is 6.27. The lowest BCUT2D eigenvalue weighted by Gasteiger charge is -2.37. The number of urea groups is 1. The quantitative estimate of drug-likeness (QED) is 0.784. The fourth-order valence-corrected chi connectivity index (χ4v) is 4.69. The minimum atomic E-state index is 0.148. The average molecular weight is 357 g/mol. The Hall–Kier alpha value is -1.55. The van der Waals surface area contributed by atoms with Crippen molar-refractivity contribution in [2.45, 2.75) is 76.5 Å². The number of carbonyl (C=O) groups excluding carboxylic acids is 1. The van der Waals surface area contributed by atoms with Gasteiger partial charge in [-0.2, -0.15) is 0 Å². The van der Waals surface area contributed by atoms with Crippen LogP contribution in [0.5, 0.6) is 0 Å². The maximum absolute atomic E-state index is 13.0. The van der Waals surface area contributed by atoms with E-state index in [4.69, 9.17) is 4.74 Å². The summed E-state index contributed by atoms with van der Waals surface area (Å²) in [4.78, 5) is 15.1. The van der Waals surface area contributed by atoms with E-state index in [1.165, 1.54) is 17.5 Å². The third-order valence-corrected chi connectivity index (χ3v) is 6.27. The van der Waals surface area contributed by atoms with E-state index in [2.05, 4.69) is 41.4 Å². The van der Waals surface area contributed by atoms with Gasteiger partial charge in [0, 0.05) is 19.2 Å². The first-order valence-corrected chi connectivity index (χ1v) is 10.5. The van der Waals surface area contributed by atoms with E-state index < -0.39 is 0 Å². The van der Waals surface area contributed by atoms with Crippen LogP contribution >= 0.6 is 0 Å². The smallest absolute Gasteiger partial charge is 0.318 e. The van der Waals surface area contributed by atoms with Crippen LogP contribution in [-0.4, -0.2) is 36.2 Å². The molecule has 2 fully saturated rings. The maximum atomic E-state index is 13.0. The molecule has 1 unspecified atom stereocenters. The molecule has 0 spiro atoms. The summed E-state index contributed by atoms with van der Waals surface area (Å²) >= 11 is 0. The number of aryl methyl sites for hydroxylation is 1. The van der Waals surface area contributed by atoms with E-state index in [1.54, 1.807) is 0 Å². The molecule has 0 bridgehead atoms. The second kappa shape index (κ2) is 7.99. The van der Waals surface area contributed by atoms with Gasteiger partial charge in [-0.05, 0) is 75.3 Å². The number of nitrogens with zero attached hydrogens (tertiary/aromatic N) is 1. The normalized spacial score (nSPS) is 27.3. The Bertz CT molecular complexity index is 622. The SMILES string of the molecule is CCOC1CC(CCNC(=O)N(C2CC2)C2CCCc3ccccc32)C1. The lowest BCUT2D eigenvalue weighted by atomic mass is 9.80. The molecule has 0 heterocycles. The largest absolute Gasteiger partial charge is 0.378 e. The van der Waals surface area contributed by atoms with Crippen LogP contribution in [0.4, 0.5) is 4.79 Å². The zero-order valence-corrected chi connectivity index (χ0v) is 16.0. The zero-order chi connectivity index (χ0) is 17.9. The number of benzene rings is 1. The molecular weight excluding hydrogens is 324 g/mol. The topological polar surface area (TPSA) is 41.6 Å². The Morgan fingerprint density at radius 1 is 1.23 bits per heavy atom. The highest BCUT2D eigenvalue weighted by Crippen LogP contribution is 2.40. The van der Waals surface area contributed by atoms with E-state index in [0.29, 0.717) is 12.1 Å². The predicted octanol–water partition coefficient (Wildman–Crippen LogP) is 4.44. The molecule has 4 nitrogen and oxygen atoms in total. The van der Waals surface area contributed by atoms with Gasteiger partial charge in [0.15, 0.2) is 0 Å². The molecule has 2 amide bonds. The fraction of sp³-hybridized carbons (Fsp3) is 0.682. The van der Waals surface area contributed by atoms with Crippen molar-refractivity contribution in [1.29, 1.82) is 0 Å². The van der Waals surface area contributed by atoms with Crippen LogP contribution < -0.4 is 5.32 Å². The zero-order valence-electron chi connectivity index (χ0n) is 16.0. The van der Waals surface area contributed by atoms with Crippen LogP contribution in [0, 0.1) is 5.92 Å². The second-order valence-electron chi connectivity index (χ2n) is 8.18.